The number of aliphatic hydroxyl groups excluding tert-OH is 1. The van der Waals surface area contributed by atoms with Gasteiger partial charge >= 0.3 is 0 Å². The van der Waals surface area contributed by atoms with Crippen LogP contribution in [0.3, 0.4) is 0 Å². The third-order valence-corrected chi connectivity index (χ3v) is 2.64. The van der Waals surface area contributed by atoms with Crippen LogP contribution in [0.4, 0.5) is 0 Å². The quantitative estimate of drug-likeness (QED) is 0.654. The van der Waals surface area contributed by atoms with Crippen LogP contribution in [-0.2, 0) is 0 Å². The summed E-state index contributed by atoms with van der Waals surface area (Å²) in [5.74, 6) is 1.00. The normalized spacial score (nSPS) is 17.8. The van der Waals surface area contributed by atoms with Crippen molar-refractivity contribution in [2.24, 2.45) is 5.92 Å². The van der Waals surface area contributed by atoms with Gasteiger partial charge in [0.15, 0.2) is 0 Å². The Kier molecular flexibility index (Phi) is 4.02. The van der Waals surface area contributed by atoms with Crippen LogP contribution in [0.25, 0.3) is 0 Å². The van der Waals surface area contributed by atoms with E-state index < -0.39 is 0 Å². The average molecular weight is 171 g/mol. The molecule has 1 fully saturated rings. The minimum Gasteiger partial charge on any atom is -0.395 e. The molecule has 72 valence electrons. The van der Waals surface area contributed by atoms with Crippen molar-refractivity contribution in [3.8, 4) is 0 Å². The summed E-state index contributed by atoms with van der Waals surface area (Å²) in [4.78, 5) is 2.36. The van der Waals surface area contributed by atoms with Crippen molar-refractivity contribution in [1.82, 2.24) is 4.90 Å². The van der Waals surface area contributed by atoms with E-state index in [9.17, 15) is 0 Å². The van der Waals surface area contributed by atoms with E-state index in [-0.39, 0.29) is 0 Å². The van der Waals surface area contributed by atoms with Crippen LogP contribution in [0.1, 0.15) is 33.1 Å². The lowest BCUT2D eigenvalue weighted by Crippen LogP contribution is -2.34. The summed E-state index contributed by atoms with van der Waals surface area (Å²) in [6.45, 7) is 6.70. The molecule has 0 aromatic heterocycles. The molecule has 0 bridgehead atoms. The minimum absolute atomic E-state index is 0.294. The van der Waals surface area contributed by atoms with Gasteiger partial charge in [-0.3, -0.25) is 4.90 Å². The molecule has 0 unspecified atom stereocenters. The van der Waals surface area contributed by atoms with Gasteiger partial charge in [-0.1, -0.05) is 12.8 Å². The summed E-state index contributed by atoms with van der Waals surface area (Å²) >= 11 is 0. The molecule has 1 saturated carbocycles. The molecule has 0 aromatic rings. The highest BCUT2D eigenvalue weighted by Crippen LogP contribution is 2.32. The molecule has 0 atom stereocenters. The summed E-state index contributed by atoms with van der Waals surface area (Å²) < 4.78 is 0. The smallest absolute Gasteiger partial charge is 0.0558 e. The maximum absolute atomic E-state index is 8.82. The first-order valence-corrected chi connectivity index (χ1v) is 5.09. The zero-order chi connectivity index (χ0) is 8.97. The van der Waals surface area contributed by atoms with E-state index in [2.05, 4.69) is 18.7 Å². The van der Waals surface area contributed by atoms with E-state index in [1.165, 1.54) is 25.8 Å². The summed E-state index contributed by atoms with van der Waals surface area (Å²) in [5.41, 5.74) is 0. The molecule has 0 aliphatic heterocycles. The van der Waals surface area contributed by atoms with Crippen molar-refractivity contribution >= 4 is 0 Å². The van der Waals surface area contributed by atoms with E-state index in [0.29, 0.717) is 12.6 Å². The third-order valence-electron chi connectivity index (χ3n) is 2.64. The van der Waals surface area contributed by atoms with E-state index in [1.807, 2.05) is 0 Å². The van der Waals surface area contributed by atoms with E-state index in [1.54, 1.807) is 0 Å². The van der Waals surface area contributed by atoms with Gasteiger partial charge in [-0.15, -0.1) is 0 Å². The molecule has 0 amide bonds. The van der Waals surface area contributed by atoms with Gasteiger partial charge in [0, 0.05) is 12.6 Å². The molecule has 1 aliphatic rings. The minimum atomic E-state index is 0.294. The Morgan fingerprint density at radius 1 is 1.33 bits per heavy atom. The van der Waals surface area contributed by atoms with Crippen LogP contribution in [0.5, 0.6) is 0 Å². The first-order chi connectivity index (χ1) is 5.74. The second kappa shape index (κ2) is 4.83. The Morgan fingerprint density at radius 3 is 2.42 bits per heavy atom. The third kappa shape index (κ3) is 3.55. The first kappa shape index (κ1) is 10.0. The van der Waals surface area contributed by atoms with Gasteiger partial charge in [-0.05, 0) is 32.7 Å². The van der Waals surface area contributed by atoms with E-state index in [4.69, 9.17) is 5.11 Å². The highest BCUT2D eigenvalue weighted by atomic mass is 16.3. The Hall–Kier alpha value is -0.0800. The van der Waals surface area contributed by atoms with Crippen LogP contribution < -0.4 is 0 Å². The predicted octanol–water partition coefficient (Wildman–Crippen LogP) is 1.49. The zero-order valence-corrected chi connectivity index (χ0v) is 8.29. The second-order valence-corrected chi connectivity index (χ2v) is 4.09. The molecule has 1 rings (SSSR count). The number of hydrogen-bond acceptors (Lipinski definition) is 2. The molecule has 0 radical (unpaired) electrons. The second-order valence-electron chi connectivity index (χ2n) is 4.09. The van der Waals surface area contributed by atoms with E-state index in [0.717, 1.165) is 12.5 Å². The molecular weight excluding hydrogens is 150 g/mol. The van der Waals surface area contributed by atoms with Gasteiger partial charge < -0.3 is 5.11 Å². The Labute approximate surface area is 75.6 Å². The Morgan fingerprint density at radius 2 is 2.00 bits per heavy atom. The SMILES string of the molecule is CC(C)N(CCO)CCC1CC1. The summed E-state index contributed by atoms with van der Waals surface area (Å²) in [7, 11) is 0. The number of rotatable bonds is 6. The van der Waals surface area contributed by atoms with E-state index >= 15 is 0 Å². The fourth-order valence-corrected chi connectivity index (χ4v) is 1.51. The lowest BCUT2D eigenvalue weighted by Gasteiger charge is -2.25. The molecule has 0 saturated heterocycles. The summed E-state index contributed by atoms with van der Waals surface area (Å²) in [6.07, 6.45) is 4.20. The molecule has 1 N–H and O–H groups in total. The molecule has 2 heteroatoms. The summed E-state index contributed by atoms with van der Waals surface area (Å²) in [6, 6.07) is 0.580. The standard InChI is InChI=1S/C10H21NO/c1-9(2)11(7-8-12)6-5-10-3-4-10/h9-10,12H,3-8H2,1-2H3. The van der Waals surface area contributed by atoms with Crippen molar-refractivity contribution < 1.29 is 5.11 Å². The lowest BCUT2D eigenvalue weighted by atomic mass is 10.2. The van der Waals surface area contributed by atoms with Crippen molar-refractivity contribution in [2.75, 3.05) is 19.7 Å². The van der Waals surface area contributed by atoms with Crippen molar-refractivity contribution in [2.45, 2.75) is 39.2 Å². The highest BCUT2D eigenvalue weighted by Gasteiger charge is 2.22. The Bertz CT molecular complexity index is 121. The fourth-order valence-electron chi connectivity index (χ4n) is 1.51. The number of aliphatic hydroxyl groups is 1. The molecule has 1 aliphatic carbocycles. The van der Waals surface area contributed by atoms with Gasteiger partial charge in [-0.2, -0.15) is 0 Å². The van der Waals surface area contributed by atoms with Crippen molar-refractivity contribution in [3.05, 3.63) is 0 Å². The molecule has 0 heterocycles. The number of nitrogens with zero attached hydrogens (tertiary/aromatic N) is 1. The Balaban J connectivity index is 2.11. The van der Waals surface area contributed by atoms with Crippen LogP contribution >= 0.6 is 0 Å². The predicted molar refractivity (Wildman–Crippen MR) is 51.1 cm³/mol. The number of hydrogen-bond donors (Lipinski definition) is 1. The lowest BCUT2D eigenvalue weighted by molar-refractivity contribution is 0.162. The maximum Gasteiger partial charge on any atom is 0.0558 e. The van der Waals surface area contributed by atoms with Gasteiger partial charge in [-0.25, -0.2) is 0 Å². The molecule has 0 aromatic carbocycles. The van der Waals surface area contributed by atoms with Crippen LogP contribution in [0, 0.1) is 5.92 Å². The van der Waals surface area contributed by atoms with Crippen LogP contribution in [0.2, 0.25) is 0 Å². The fraction of sp³-hybridized carbons (Fsp3) is 1.00. The van der Waals surface area contributed by atoms with Crippen LogP contribution in [-0.4, -0.2) is 35.7 Å². The molecule has 2 nitrogen and oxygen atoms in total. The van der Waals surface area contributed by atoms with Gasteiger partial charge in [0.2, 0.25) is 0 Å². The maximum atomic E-state index is 8.82. The molecule has 12 heavy (non-hydrogen) atoms. The van der Waals surface area contributed by atoms with Gasteiger partial charge in [0.25, 0.3) is 0 Å². The van der Waals surface area contributed by atoms with Crippen LogP contribution in [0.15, 0.2) is 0 Å². The molecular formula is C10H21NO. The monoisotopic (exact) mass is 171 g/mol. The van der Waals surface area contributed by atoms with Gasteiger partial charge in [0.05, 0.1) is 6.61 Å². The first-order valence-electron chi connectivity index (χ1n) is 5.09. The highest BCUT2D eigenvalue weighted by molar-refractivity contribution is 4.75. The zero-order valence-electron chi connectivity index (χ0n) is 8.29. The van der Waals surface area contributed by atoms with Crippen molar-refractivity contribution in [3.63, 3.8) is 0 Å². The topological polar surface area (TPSA) is 23.5 Å². The molecule has 0 spiro atoms. The largest absolute Gasteiger partial charge is 0.395 e. The van der Waals surface area contributed by atoms with Crippen molar-refractivity contribution in [1.29, 1.82) is 0 Å². The summed E-state index contributed by atoms with van der Waals surface area (Å²) in [5, 5.41) is 8.82. The van der Waals surface area contributed by atoms with Gasteiger partial charge in [0.1, 0.15) is 0 Å². The average Bonchev–Trinajstić information content (AvgIpc) is 2.80.